The predicted molar refractivity (Wildman–Crippen MR) is 87.1 cm³/mol. The number of pyridine rings is 1. The van der Waals surface area contributed by atoms with E-state index >= 15 is 0 Å². The van der Waals surface area contributed by atoms with Crippen LogP contribution in [0.25, 0.3) is 10.9 Å². The van der Waals surface area contributed by atoms with Crippen LogP contribution < -0.4 is 5.32 Å². The number of fused-ring (bicyclic) bond motifs is 1. The van der Waals surface area contributed by atoms with Crippen molar-refractivity contribution in [1.29, 1.82) is 0 Å². The summed E-state index contributed by atoms with van der Waals surface area (Å²) in [5.41, 5.74) is 2.37. The molecule has 0 aliphatic heterocycles. The second-order valence-electron chi connectivity index (χ2n) is 4.81. The highest BCUT2D eigenvalue weighted by molar-refractivity contribution is 6.36. The molecule has 0 bridgehead atoms. The summed E-state index contributed by atoms with van der Waals surface area (Å²) in [6, 6.07) is 14.0. The lowest BCUT2D eigenvalue weighted by molar-refractivity contribution is 0.102. The SMILES string of the molecule is O=C(Nc1cccc(CO)c1)c1ccc(Cl)c2cccnc12. The van der Waals surface area contributed by atoms with E-state index in [4.69, 9.17) is 16.7 Å². The fourth-order valence-corrected chi connectivity index (χ4v) is 2.48. The number of carbonyl (C=O) groups excluding carboxylic acids is 1. The smallest absolute Gasteiger partial charge is 0.257 e. The van der Waals surface area contributed by atoms with Gasteiger partial charge in [0.2, 0.25) is 0 Å². The first-order valence-corrected chi connectivity index (χ1v) is 7.11. The Morgan fingerprint density at radius 1 is 1.18 bits per heavy atom. The zero-order valence-electron chi connectivity index (χ0n) is 11.6. The third kappa shape index (κ3) is 2.79. The van der Waals surface area contributed by atoms with Gasteiger partial charge >= 0.3 is 0 Å². The summed E-state index contributed by atoms with van der Waals surface area (Å²) in [6.45, 7) is -0.0743. The minimum absolute atomic E-state index is 0.0743. The number of carbonyl (C=O) groups is 1. The van der Waals surface area contributed by atoms with Crippen LogP contribution >= 0.6 is 11.6 Å². The average Bonchev–Trinajstić information content (AvgIpc) is 2.55. The van der Waals surface area contributed by atoms with Crippen LogP contribution in [0.3, 0.4) is 0 Å². The molecule has 1 heterocycles. The van der Waals surface area contributed by atoms with Crippen LogP contribution in [0.2, 0.25) is 5.02 Å². The van der Waals surface area contributed by atoms with E-state index in [1.54, 1.807) is 48.7 Å². The highest BCUT2D eigenvalue weighted by Gasteiger charge is 2.13. The molecule has 1 amide bonds. The van der Waals surface area contributed by atoms with Gasteiger partial charge in [0, 0.05) is 17.3 Å². The van der Waals surface area contributed by atoms with E-state index in [2.05, 4.69) is 10.3 Å². The molecule has 0 saturated carbocycles. The number of nitrogens with one attached hydrogen (secondary N) is 1. The second kappa shape index (κ2) is 6.13. The van der Waals surface area contributed by atoms with Gasteiger partial charge < -0.3 is 10.4 Å². The zero-order valence-corrected chi connectivity index (χ0v) is 12.3. The molecule has 2 aromatic carbocycles. The van der Waals surface area contributed by atoms with E-state index in [1.807, 2.05) is 6.07 Å². The number of halogens is 1. The molecule has 0 atom stereocenters. The summed E-state index contributed by atoms with van der Waals surface area (Å²) in [5, 5.41) is 13.3. The largest absolute Gasteiger partial charge is 0.392 e. The van der Waals surface area contributed by atoms with Crippen molar-refractivity contribution in [3.63, 3.8) is 0 Å². The first kappa shape index (κ1) is 14.5. The minimum Gasteiger partial charge on any atom is -0.392 e. The first-order valence-electron chi connectivity index (χ1n) is 6.73. The Hall–Kier alpha value is -2.43. The third-order valence-corrected chi connectivity index (χ3v) is 3.66. The summed E-state index contributed by atoms with van der Waals surface area (Å²) in [7, 11) is 0. The molecule has 0 aliphatic carbocycles. The fraction of sp³-hybridized carbons (Fsp3) is 0.0588. The van der Waals surface area contributed by atoms with Gasteiger partial charge in [-0.3, -0.25) is 9.78 Å². The monoisotopic (exact) mass is 312 g/mol. The van der Waals surface area contributed by atoms with Crippen LogP contribution in [0.1, 0.15) is 15.9 Å². The van der Waals surface area contributed by atoms with Crippen LogP contribution in [-0.2, 0) is 6.61 Å². The zero-order chi connectivity index (χ0) is 15.5. The van der Waals surface area contributed by atoms with Crippen molar-refractivity contribution in [2.45, 2.75) is 6.61 Å². The van der Waals surface area contributed by atoms with Gasteiger partial charge in [0.1, 0.15) is 0 Å². The molecule has 3 aromatic rings. The molecule has 0 unspecified atom stereocenters. The average molecular weight is 313 g/mol. The normalized spacial score (nSPS) is 10.6. The van der Waals surface area contributed by atoms with Gasteiger partial charge in [-0.25, -0.2) is 0 Å². The van der Waals surface area contributed by atoms with E-state index in [9.17, 15) is 4.79 Å². The van der Waals surface area contributed by atoms with Crippen molar-refractivity contribution in [3.8, 4) is 0 Å². The molecule has 3 rings (SSSR count). The summed E-state index contributed by atoms with van der Waals surface area (Å²) in [6.07, 6.45) is 1.63. The van der Waals surface area contributed by atoms with E-state index < -0.39 is 0 Å². The molecule has 0 fully saturated rings. The van der Waals surface area contributed by atoms with Crippen molar-refractivity contribution in [1.82, 2.24) is 4.98 Å². The van der Waals surface area contributed by atoms with Gasteiger partial charge in [-0.1, -0.05) is 23.7 Å². The number of aliphatic hydroxyl groups excluding tert-OH is 1. The summed E-state index contributed by atoms with van der Waals surface area (Å²) >= 11 is 6.13. The van der Waals surface area contributed by atoms with Gasteiger partial charge in [0.05, 0.1) is 22.7 Å². The number of hydrogen-bond acceptors (Lipinski definition) is 3. The van der Waals surface area contributed by atoms with Crippen LogP contribution in [0.15, 0.2) is 54.7 Å². The molecule has 5 heteroatoms. The Bertz CT molecular complexity index is 849. The van der Waals surface area contributed by atoms with Gasteiger partial charge in [-0.05, 0) is 42.0 Å². The lowest BCUT2D eigenvalue weighted by atomic mass is 10.1. The molecular formula is C17H13ClN2O2. The maximum atomic E-state index is 12.5. The van der Waals surface area contributed by atoms with Gasteiger partial charge in [0.25, 0.3) is 5.91 Å². The quantitative estimate of drug-likeness (QED) is 0.776. The second-order valence-corrected chi connectivity index (χ2v) is 5.21. The minimum atomic E-state index is -0.268. The third-order valence-electron chi connectivity index (χ3n) is 3.33. The lowest BCUT2D eigenvalue weighted by Crippen LogP contribution is -2.13. The molecule has 0 spiro atoms. The molecule has 110 valence electrons. The van der Waals surface area contributed by atoms with Crippen molar-refractivity contribution in [2.75, 3.05) is 5.32 Å². The Labute approximate surface area is 132 Å². The maximum Gasteiger partial charge on any atom is 0.257 e. The Morgan fingerprint density at radius 3 is 2.86 bits per heavy atom. The number of amides is 1. The van der Waals surface area contributed by atoms with Gasteiger partial charge in [-0.2, -0.15) is 0 Å². The van der Waals surface area contributed by atoms with Crippen molar-refractivity contribution >= 4 is 34.1 Å². The summed E-state index contributed by atoms with van der Waals surface area (Å²) in [4.78, 5) is 16.7. The van der Waals surface area contributed by atoms with Crippen LogP contribution in [0.5, 0.6) is 0 Å². The Balaban J connectivity index is 1.97. The van der Waals surface area contributed by atoms with E-state index in [1.165, 1.54) is 0 Å². The molecule has 1 aromatic heterocycles. The van der Waals surface area contributed by atoms with Crippen LogP contribution in [0, 0.1) is 0 Å². The first-order chi connectivity index (χ1) is 10.7. The van der Waals surface area contributed by atoms with Gasteiger partial charge in [-0.15, -0.1) is 0 Å². The van der Waals surface area contributed by atoms with E-state index in [-0.39, 0.29) is 12.5 Å². The number of aromatic nitrogens is 1. The maximum absolute atomic E-state index is 12.5. The molecule has 0 aliphatic rings. The predicted octanol–water partition coefficient (Wildman–Crippen LogP) is 3.63. The van der Waals surface area contributed by atoms with Crippen molar-refractivity contribution < 1.29 is 9.90 Å². The number of aliphatic hydroxyl groups is 1. The highest BCUT2D eigenvalue weighted by Crippen LogP contribution is 2.25. The number of nitrogens with zero attached hydrogens (tertiary/aromatic N) is 1. The number of hydrogen-bond donors (Lipinski definition) is 2. The van der Waals surface area contributed by atoms with Crippen molar-refractivity contribution in [3.05, 3.63) is 70.9 Å². The van der Waals surface area contributed by atoms with Gasteiger partial charge in [0.15, 0.2) is 0 Å². The molecular weight excluding hydrogens is 300 g/mol. The highest BCUT2D eigenvalue weighted by atomic mass is 35.5. The Morgan fingerprint density at radius 2 is 2.05 bits per heavy atom. The lowest BCUT2D eigenvalue weighted by Gasteiger charge is -2.09. The standard InChI is InChI=1S/C17H13ClN2O2/c18-15-7-6-14(16-13(15)5-2-8-19-16)17(22)20-12-4-1-3-11(9-12)10-21/h1-9,21H,10H2,(H,20,22). The van der Waals surface area contributed by atoms with E-state index in [0.29, 0.717) is 21.8 Å². The number of anilines is 1. The number of benzene rings is 2. The summed E-state index contributed by atoms with van der Waals surface area (Å²) in [5.74, 6) is -0.268. The summed E-state index contributed by atoms with van der Waals surface area (Å²) < 4.78 is 0. The molecule has 2 N–H and O–H groups in total. The molecule has 4 nitrogen and oxygen atoms in total. The molecule has 22 heavy (non-hydrogen) atoms. The van der Waals surface area contributed by atoms with Crippen molar-refractivity contribution in [2.24, 2.45) is 0 Å². The Kier molecular flexibility index (Phi) is 4.04. The number of rotatable bonds is 3. The fourth-order valence-electron chi connectivity index (χ4n) is 2.27. The topological polar surface area (TPSA) is 62.2 Å². The van der Waals surface area contributed by atoms with E-state index in [0.717, 1.165) is 10.9 Å². The van der Waals surface area contributed by atoms with Crippen LogP contribution in [0.4, 0.5) is 5.69 Å². The molecule has 0 saturated heterocycles. The van der Waals surface area contributed by atoms with Crippen LogP contribution in [-0.4, -0.2) is 16.0 Å². The molecule has 0 radical (unpaired) electrons.